The van der Waals surface area contributed by atoms with E-state index in [1.54, 1.807) is 0 Å². The zero-order chi connectivity index (χ0) is 28.5. The average molecular weight is 591 g/mol. The lowest BCUT2D eigenvalue weighted by molar-refractivity contribution is -0.117. The molecule has 1 aliphatic rings. The molecule has 2 aromatic rings. The third kappa shape index (κ3) is 6.77. The molecule has 1 aliphatic heterocycles. The quantitative estimate of drug-likeness (QED) is 0.300. The van der Waals surface area contributed by atoms with Crippen molar-refractivity contribution in [2.24, 2.45) is 15.3 Å². The second kappa shape index (κ2) is 10.8. The second-order valence-electron chi connectivity index (χ2n) is 7.84. The highest BCUT2D eigenvalue weighted by atomic mass is 32.3. The number of sulfone groups is 1. The van der Waals surface area contributed by atoms with E-state index in [1.165, 1.54) is 39.2 Å². The third-order valence-corrected chi connectivity index (χ3v) is 8.30. The van der Waals surface area contributed by atoms with Crippen molar-refractivity contribution in [2.45, 2.75) is 29.7 Å². The molecule has 0 saturated carbocycles. The molecule has 0 aromatic heterocycles. The van der Waals surface area contributed by atoms with Gasteiger partial charge in [-0.15, -0.1) is 0 Å². The highest BCUT2D eigenvalue weighted by Gasteiger charge is 2.35. The molecule has 0 saturated heterocycles. The highest BCUT2D eigenvalue weighted by molar-refractivity contribution is 7.91. The number of carbonyl (C=O) groups excluding carboxylic acids is 1. The lowest BCUT2D eigenvalue weighted by Crippen LogP contribution is -2.29. The smallest absolute Gasteiger partial charge is 0.397 e. The highest BCUT2D eigenvalue weighted by Crippen LogP contribution is 2.34. The third-order valence-electron chi connectivity index (χ3n) is 5.15. The predicted octanol–water partition coefficient (Wildman–Crippen LogP) is 1.72. The van der Waals surface area contributed by atoms with E-state index in [2.05, 4.69) is 19.5 Å². The van der Waals surface area contributed by atoms with Crippen LogP contribution in [0, 0.1) is 6.92 Å². The summed E-state index contributed by atoms with van der Waals surface area (Å²) in [5.74, 6) is -1.35. The number of benzene rings is 2. The maximum atomic E-state index is 12.9. The van der Waals surface area contributed by atoms with Gasteiger partial charge in [0.25, 0.3) is 16.0 Å². The van der Waals surface area contributed by atoms with Crippen molar-refractivity contribution in [3.63, 3.8) is 0 Å². The van der Waals surface area contributed by atoms with E-state index in [1.807, 2.05) is 0 Å². The van der Waals surface area contributed by atoms with Crippen LogP contribution in [0.5, 0.6) is 5.75 Å². The Balaban J connectivity index is 1.83. The standard InChI is InChI=1S/C20H22N4O11S3/c1-12-10-16(17(34-3)11-18(12)36(26,27)9-8-35-38(31,32)33)21-22-19-13(2)23-24(20(19)25)14-4-6-15(7-5-14)37(28,29)30/h4-7,10-11,19H,8-9H2,1-3H3,(H,28,29,30)(H,31,32,33). The Morgan fingerprint density at radius 3 is 2.21 bits per heavy atom. The lowest BCUT2D eigenvalue weighted by Gasteiger charge is -2.13. The van der Waals surface area contributed by atoms with Crippen LogP contribution in [-0.4, -0.2) is 71.5 Å². The Morgan fingerprint density at radius 1 is 1.03 bits per heavy atom. The summed E-state index contributed by atoms with van der Waals surface area (Å²) in [5.41, 5.74) is 0.803. The van der Waals surface area contributed by atoms with Gasteiger partial charge in [0.05, 0.1) is 40.7 Å². The number of hydrogen-bond donors (Lipinski definition) is 2. The Hall–Kier alpha value is -3.29. The van der Waals surface area contributed by atoms with Crippen LogP contribution in [0.1, 0.15) is 12.5 Å². The summed E-state index contributed by atoms with van der Waals surface area (Å²) in [5, 5.41) is 13.2. The van der Waals surface area contributed by atoms with Crippen molar-refractivity contribution in [2.75, 3.05) is 24.5 Å². The van der Waals surface area contributed by atoms with Gasteiger partial charge in [-0.25, -0.2) is 12.6 Å². The van der Waals surface area contributed by atoms with Gasteiger partial charge < -0.3 is 4.74 Å². The average Bonchev–Trinajstić information content (AvgIpc) is 3.09. The van der Waals surface area contributed by atoms with Crippen LogP contribution in [-0.2, 0) is 39.3 Å². The number of anilines is 1. The van der Waals surface area contributed by atoms with E-state index < -0.39 is 54.7 Å². The first-order chi connectivity index (χ1) is 17.5. The van der Waals surface area contributed by atoms with Crippen molar-refractivity contribution in [1.29, 1.82) is 0 Å². The number of hydrazone groups is 1. The Morgan fingerprint density at radius 2 is 1.66 bits per heavy atom. The Bertz CT molecular complexity index is 1630. The van der Waals surface area contributed by atoms with Crippen molar-refractivity contribution in [3.05, 3.63) is 42.0 Å². The summed E-state index contributed by atoms with van der Waals surface area (Å²) in [6, 6.07) is 6.14. The van der Waals surface area contributed by atoms with Gasteiger partial charge in [-0.3, -0.25) is 13.9 Å². The molecule has 206 valence electrons. The fourth-order valence-electron chi connectivity index (χ4n) is 3.34. The minimum atomic E-state index is -4.80. The van der Waals surface area contributed by atoms with Crippen molar-refractivity contribution < 1.29 is 48.1 Å². The van der Waals surface area contributed by atoms with Crippen LogP contribution >= 0.6 is 0 Å². The monoisotopic (exact) mass is 590 g/mol. The summed E-state index contributed by atoms with van der Waals surface area (Å²) in [4.78, 5) is 12.4. The van der Waals surface area contributed by atoms with E-state index >= 15 is 0 Å². The van der Waals surface area contributed by atoms with Crippen LogP contribution in [0.25, 0.3) is 0 Å². The second-order valence-corrected chi connectivity index (χ2v) is 12.4. The van der Waals surface area contributed by atoms with Crippen LogP contribution in [0.15, 0.2) is 61.5 Å². The summed E-state index contributed by atoms with van der Waals surface area (Å²) in [6.45, 7) is 2.18. The van der Waals surface area contributed by atoms with Gasteiger partial charge >= 0.3 is 10.4 Å². The van der Waals surface area contributed by atoms with Gasteiger partial charge in [-0.05, 0) is 49.7 Å². The van der Waals surface area contributed by atoms with Crippen LogP contribution < -0.4 is 9.75 Å². The Kier molecular flexibility index (Phi) is 8.34. The van der Waals surface area contributed by atoms with Gasteiger partial charge in [0, 0.05) is 6.07 Å². The van der Waals surface area contributed by atoms with Gasteiger partial charge in [-0.1, -0.05) is 0 Å². The maximum absolute atomic E-state index is 12.9. The zero-order valence-corrected chi connectivity index (χ0v) is 22.5. The van der Waals surface area contributed by atoms with Crippen molar-refractivity contribution >= 4 is 53.3 Å². The molecular weight excluding hydrogens is 568 g/mol. The molecule has 1 unspecified atom stereocenters. The number of aryl methyl sites for hydroxylation is 1. The molecule has 15 nitrogen and oxygen atoms in total. The van der Waals surface area contributed by atoms with Crippen molar-refractivity contribution in [3.8, 4) is 5.75 Å². The summed E-state index contributed by atoms with van der Waals surface area (Å²) in [7, 11) is -12.0. The number of nitrogens with zero attached hydrogens (tertiary/aromatic N) is 4. The molecule has 0 aliphatic carbocycles. The SMILES string of the molecule is COc1cc(S(=O)(=O)CCOS(=O)(=O)O)c(C)cc1N=NC1C(=O)N(c2ccc(S(=O)(=O)O)cc2)N=C1C. The summed E-state index contributed by atoms with van der Waals surface area (Å²) < 4.78 is 96.1. The fraction of sp³-hybridized carbons (Fsp3) is 0.300. The number of azo groups is 1. The minimum absolute atomic E-state index is 0.00804. The fourth-order valence-corrected chi connectivity index (χ4v) is 5.58. The number of carbonyl (C=O) groups is 1. The predicted molar refractivity (Wildman–Crippen MR) is 132 cm³/mol. The largest absolute Gasteiger partial charge is 0.494 e. The van der Waals surface area contributed by atoms with Gasteiger partial charge in [0.1, 0.15) is 11.4 Å². The van der Waals surface area contributed by atoms with E-state index in [4.69, 9.17) is 13.8 Å². The van der Waals surface area contributed by atoms with E-state index in [9.17, 15) is 30.0 Å². The molecule has 2 N–H and O–H groups in total. The number of hydrogen-bond acceptors (Lipinski definition) is 12. The lowest BCUT2D eigenvalue weighted by atomic mass is 10.2. The molecule has 1 amide bonds. The Labute approximate surface area is 218 Å². The van der Waals surface area contributed by atoms with E-state index in [-0.39, 0.29) is 38.2 Å². The van der Waals surface area contributed by atoms with Gasteiger partial charge in [-0.2, -0.15) is 37.2 Å². The first-order valence-corrected chi connectivity index (χ1v) is 14.9. The minimum Gasteiger partial charge on any atom is -0.494 e. The maximum Gasteiger partial charge on any atom is 0.397 e. The summed E-state index contributed by atoms with van der Waals surface area (Å²) in [6.07, 6.45) is 0. The molecule has 2 aromatic carbocycles. The molecule has 0 bridgehead atoms. The summed E-state index contributed by atoms with van der Waals surface area (Å²) >= 11 is 0. The molecular formula is C20H22N4O11S3. The number of rotatable bonds is 10. The van der Waals surface area contributed by atoms with E-state index in [0.717, 1.165) is 23.2 Å². The molecule has 0 fully saturated rings. The molecule has 1 atom stereocenters. The van der Waals surface area contributed by atoms with Crippen LogP contribution in [0.3, 0.4) is 0 Å². The number of ether oxygens (including phenoxy) is 1. The van der Waals surface area contributed by atoms with E-state index in [0.29, 0.717) is 0 Å². The molecule has 38 heavy (non-hydrogen) atoms. The van der Waals surface area contributed by atoms with Gasteiger partial charge in [0.2, 0.25) is 0 Å². The molecule has 1 heterocycles. The number of amides is 1. The normalized spacial score (nSPS) is 16.8. The topological polar surface area (TPSA) is 219 Å². The zero-order valence-electron chi connectivity index (χ0n) is 20.0. The first-order valence-electron chi connectivity index (χ1n) is 10.4. The van der Waals surface area contributed by atoms with Crippen LogP contribution in [0.2, 0.25) is 0 Å². The van der Waals surface area contributed by atoms with Crippen molar-refractivity contribution in [1.82, 2.24) is 0 Å². The molecule has 18 heteroatoms. The van der Waals surface area contributed by atoms with Gasteiger partial charge in [0.15, 0.2) is 15.9 Å². The number of methoxy groups -OCH3 is 1. The molecule has 3 rings (SSSR count). The molecule has 0 radical (unpaired) electrons. The molecule has 0 spiro atoms. The van der Waals surface area contributed by atoms with Crippen LogP contribution in [0.4, 0.5) is 11.4 Å². The first kappa shape index (κ1) is 29.3.